The first-order chi connectivity index (χ1) is 6.20. The molecule has 0 radical (unpaired) electrons. The molecule has 0 aliphatic rings. The summed E-state index contributed by atoms with van der Waals surface area (Å²) in [4.78, 5) is 6.76. The van der Waals surface area contributed by atoms with Crippen molar-refractivity contribution in [3.63, 3.8) is 0 Å². The molecule has 4 nitrogen and oxygen atoms in total. The molecule has 3 N–H and O–H groups in total. The lowest BCUT2D eigenvalue weighted by Crippen LogP contribution is -2.30. The van der Waals surface area contributed by atoms with Crippen LogP contribution in [0.25, 0.3) is 11.0 Å². The molecule has 0 bridgehead atoms. The topological polar surface area (TPSA) is 69.1 Å². The summed E-state index contributed by atoms with van der Waals surface area (Å²) in [6.07, 6.45) is 1.46. The number of aromatic amines is 1. The van der Waals surface area contributed by atoms with Crippen molar-refractivity contribution in [2.24, 2.45) is 0 Å². The molecule has 0 fully saturated rings. The van der Waals surface area contributed by atoms with Crippen LogP contribution in [-0.2, 0) is 0 Å². The normalized spacial score (nSPS) is 10.7. The molecule has 0 atom stereocenters. The van der Waals surface area contributed by atoms with E-state index >= 15 is 0 Å². The van der Waals surface area contributed by atoms with Crippen molar-refractivity contribution >= 4 is 35.2 Å². The van der Waals surface area contributed by atoms with Gasteiger partial charge in [-0.15, -0.1) is 0 Å². The second-order valence-electron chi connectivity index (χ2n) is 2.64. The van der Waals surface area contributed by atoms with Gasteiger partial charge >= 0.3 is 7.12 Å². The zero-order valence-electron chi connectivity index (χ0n) is 6.53. The van der Waals surface area contributed by atoms with E-state index in [4.69, 9.17) is 21.6 Å². The largest absolute Gasteiger partial charge is 0.490 e. The molecule has 0 unspecified atom stereocenters. The number of imidazole rings is 1. The number of fused-ring (bicyclic) bond motifs is 1. The molecule has 0 amide bonds. The minimum absolute atomic E-state index is 0.348. The third-order valence-electron chi connectivity index (χ3n) is 1.84. The van der Waals surface area contributed by atoms with E-state index in [0.717, 1.165) is 0 Å². The summed E-state index contributed by atoms with van der Waals surface area (Å²) in [6, 6.07) is 3.13. The number of nitrogens with zero attached hydrogens (tertiary/aromatic N) is 1. The van der Waals surface area contributed by atoms with Crippen LogP contribution in [0.3, 0.4) is 0 Å². The molecule has 0 spiro atoms. The minimum Gasteiger partial charge on any atom is -0.423 e. The summed E-state index contributed by atoms with van der Waals surface area (Å²) < 4.78 is 0. The van der Waals surface area contributed by atoms with Crippen molar-refractivity contribution in [2.75, 3.05) is 0 Å². The van der Waals surface area contributed by atoms with Crippen LogP contribution in [0.1, 0.15) is 0 Å². The Labute approximate surface area is 79.3 Å². The van der Waals surface area contributed by atoms with Crippen molar-refractivity contribution in [1.82, 2.24) is 9.97 Å². The highest BCUT2D eigenvalue weighted by atomic mass is 35.5. The molecule has 6 heteroatoms. The van der Waals surface area contributed by atoms with Crippen LogP contribution >= 0.6 is 11.6 Å². The average molecular weight is 196 g/mol. The van der Waals surface area contributed by atoms with Gasteiger partial charge in [0.2, 0.25) is 0 Å². The van der Waals surface area contributed by atoms with Crippen LogP contribution in [0.5, 0.6) is 0 Å². The molecule has 2 rings (SSSR count). The van der Waals surface area contributed by atoms with Crippen LogP contribution in [0.15, 0.2) is 18.5 Å². The smallest absolute Gasteiger partial charge is 0.423 e. The fraction of sp³-hybridized carbons (Fsp3) is 0. The zero-order chi connectivity index (χ0) is 9.42. The van der Waals surface area contributed by atoms with Gasteiger partial charge in [-0.3, -0.25) is 0 Å². The van der Waals surface area contributed by atoms with E-state index in [1.807, 2.05) is 0 Å². The first-order valence-electron chi connectivity index (χ1n) is 3.68. The summed E-state index contributed by atoms with van der Waals surface area (Å²) in [5.74, 6) is 0. The second kappa shape index (κ2) is 3.03. The van der Waals surface area contributed by atoms with E-state index in [1.165, 1.54) is 12.4 Å². The quantitative estimate of drug-likeness (QED) is 0.558. The van der Waals surface area contributed by atoms with Crippen LogP contribution in [-0.4, -0.2) is 27.1 Å². The number of hydrogen-bond acceptors (Lipinski definition) is 3. The molecule has 1 heterocycles. The molecule has 1 aromatic heterocycles. The average Bonchev–Trinajstić information content (AvgIpc) is 2.53. The fourth-order valence-corrected chi connectivity index (χ4v) is 1.44. The Bertz CT molecular complexity index is 443. The summed E-state index contributed by atoms with van der Waals surface area (Å²) in [6.45, 7) is 0. The standard InChI is InChI=1S/C7H6BClN2O2/c9-5-2-1-4(8(12)13)6-7(5)11-3-10-6/h1-3,12-13H,(H,10,11). The lowest BCUT2D eigenvalue weighted by molar-refractivity contribution is 0.426. The Hall–Kier alpha value is -1.04. The maximum Gasteiger partial charge on any atom is 0.490 e. The number of rotatable bonds is 1. The van der Waals surface area contributed by atoms with Gasteiger partial charge in [-0.1, -0.05) is 17.7 Å². The van der Waals surface area contributed by atoms with Crippen LogP contribution in [0.2, 0.25) is 5.02 Å². The highest BCUT2D eigenvalue weighted by molar-refractivity contribution is 6.62. The van der Waals surface area contributed by atoms with E-state index < -0.39 is 7.12 Å². The van der Waals surface area contributed by atoms with Gasteiger partial charge in [-0.2, -0.15) is 0 Å². The molecule has 0 aliphatic heterocycles. The fourth-order valence-electron chi connectivity index (χ4n) is 1.23. The summed E-state index contributed by atoms with van der Waals surface area (Å²) in [5.41, 5.74) is 1.45. The lowest BCUT2D eigenvalue weighted by atomic mass is 9.79. The van der Waals surface area contributed by atoms with Crippen molar-refractivity contribution in [2.45, 2.75) is 0 Å². The third kappa shape index (κ3) is 1.31. The van der Waals surface area contributed by atoms with E-state index in [-0.39, 0.29) is 0 Å². The monoisotopic (exact) mass is 196 g/mol. The van der Waals surface area contributed by atoms with Gasteiger partial charge in [0.1, 0.15) is 0 Å². The van der Waals surface area contributed by atoms with E-state index in [1.54, 1.807) is 6.07 Å². The Morgan fingerprint density at radius 1 is 1.38 bits per heavy atom. The minimum atomic E-state index is -1.52. The Balaban J connectivity index is 2.78. The van der Waals surface area contributed by atoms with E-state index in [9.17, 15) is 0 Å². The molecule has 0 aliphatic carbocycles. The number of hydrogen-bond donors (Lipinski definition) is 3. The first-order valence-corrected chi connectivity index (χ1v) is 4.05. The van der Waals surface area contributed by atoms with Gasteiger partial charge in [-0.05, 0) is 6.07 Å². The van der Waals surface area contributed by atoms with E-state index in [0.29, 0.717) is 21.5 Å². The highest BCUT2D eigenvalue weighted by Crippen LogP contribution is 2.17. The molecular weight excluding hydrogens is 190 g/mol. The van der Waals surface area contributed by atoms with Gasteiger partial charge in [-0.25, -0.2) is 4.98 Å². The van der Waals surface area contributed by atoms with Gasteiger partial charge in [0, 0.05) is 5.46 Å². The predicted octanol–water partition coefficient (Wildman–Crippen LogP) is -0.104. The Morgan fingerprint density at radius 3 is 2.85 bits per heavy atom. The number of nitrogens with one attached hydrogen (secondary N) is 1. The van der Waals surface area contributed by atoms with Gasteiger partial charge in [0.05, 0.1) is 22.4 Å². The van der Waals surface area contributed by atoms with Gasteiger partial charge in [0.25, 0.3) is 0 Å². The van der Waals surface area contributed by atoms with Crippen LogP contribution < -0.4 is 5.46 Å². The Kier molecular flexibility index (Phi) is 1.99. The van der Waals surface area contributed by atoms with Crippen molar-refractivity contribution < 1.29 is 10.0 Å². The number of aromatic nitrogens is 2. The molecule has 1 aromatic carbocycles. The molecule has 13 heavy (non-hydrogen) atoms. The summed E-state index contributed by atoms with van der Waals surface area (Å²) >= 11 is 5.84. The summed E-state index contributed by atoms with van der Waals surface area (Å²) in [7, 11) is -1.52. The highest BCUT2D eigenvalue weighted by Gasteiger charge is 2.17. The number of H-pyrrole nitrogens is 1. The first kappa shape index (κ1) is 8.56. The maximum absolute atomic E-state index is 8.99. The lowest BCUT2D eigenvalue weighted by Gasteiger charge is -2.00. The zero-order valence-corrected chi connectivity index (χ0v) is 7.28. The molecule has 0 saturated heterocycles. The SMILES string of the molecule is OB(O)c1ccc(Cl)c2[nH]cnc12. The molecule has 2 aromatic rings. The van der Waals surface area contributed by atoms with Crippen molar-refractivity contribution in [3.8, 4) is 0 Å². The third-order valence-corrected chi connectivity index (χ3v) is 2.15. The van der Waals surface area contributed by atoms with Crippen LogP contribution in [0, 0.1) is 0 Å². The Morgan fingerprint density at radius 2 is 2.15 bits per heavy atom. The van der Waals surface area contributed by atoms with Gasteiger partial charge < -0.3 is 15.0 Å². The van der Waals surface area contributed by atoms with Crippen molar-refractivity contribution in [3.05, 3.63) is 23.5 Å². The predicted molar refractivity (Wildman–Crippen MR) is 50.9 cm³/mol. The molecule has 0 saturated carbocycles. The number of halogens is 1. The maximum atomic E-state index is 8.99. The van der Waals surface area contributed by atoms with E-state index in [2.05, 4.69) is 9.97 Å². The van der Waals surface area contributed by atoms with Crippen molar-refractivity contribution in [1.29, 1.82) is 0 Å². The van der Waals surface area contributed by atoms with Gasteiger partial charge in [0.15, 0.2) is 0 Å². The second-order valence-corrected chi connectivity index (χ2v) is 3.04. The molecular formula is C7H6BClN2O2. The van der Waals surface area contributed by atoms with Crippen LogP contribution in [0.4, 0.5) is 0 Å². The summed E-state index contributed by atoms with van der Waals surface area (Å²) in [5, 5.41) is 18.5. The molecule has 66 valence electrons. The number of benzene rings is 1.